The molecule has 5 heteroatoms. The largest absolute Gasteiger partial charge is 0.366 e. The molecule has 1 aliphatic heterocycles. The van der Waals surface area contributed by atoms with Crippen LogP contribution in [0, 0.1) is 0 Å². The fraction of sp³-hybridized carbons (Fsp3) is 0.435. The zero-order valence-electron chi connectivity index (χ0n) is 16.6. The van der Waals surface area contributed by atoms with Crippen molar-refractivity contribution in [1.29, 1.82) is 0 Å². The molecule has 2 aromatic carbocycles. The van der Waals surface area contributed by atoms with Gasteiger partial charge in [0.15, 0.2) is 0 Å². The van der Waals surface area contributed by atoms with Gasteiger partial charge in [0, 0.05) is 30.1 Å². The maximum atomic E-state index is 11.2. The Bertz CT molecular complexity index is 750. The van der Waals surface area contributed by atoms with Gasteiger partial charge in [0.2, 0.25) is 5.91 Å². The number of rotatable bonds is 9. The average molecular weight is 400 g/mol. The van der Waals surface area contributed by atoms with Crippen molar-refractivity contribution in [3.63, 3.8) is 0 Å². The molecule has 0 spiro atoms. The van der Waals surface area contributed by atoms with Crippen molar-refractivity contribution in [3.8, 4) is 0 Å². The quantitative estimate of drug-likeness (QED) is 0.654. The number of carbonyl (C=O) groups is 1. The Hall–Kier alpha value is -1.88. The summed E-state index contributed by atoms with van der Waals surface area (Å²) in [6, 6.07) is 18.7. The van der Waals surface area contributed by atoms with Gasteiger partial charge in [0.25, 0.3) is 0 Å². The van der Waals surface area contributed by atoms with E-state index in [1.165, 1.54) is 11.1 Å². The van der Waals surface area contributed by atoms with Crippen LogP contribution in [0.5, 0.6) is 0 Å². The minimum atomic E-state index is -0.377. The molecule has 2 atom stereocenters. The summed E-state index contributed by atoms with van der Waals surface area (Å²) < 4.78 is 0. The van der Waals surface area contributed by atoms with Gasteiger partial charge in [-0.25, -0.2) is 0 Å². The first-order valence-electron chi connectivity index (χ1n) is 10.0. The summed E-state index contributed by atoms with van der Waals surface area (Å²) in [6.07, 6.45) is 3.13. The lowest BCUT2D eigenvalue weighted by Crippen LogP contribution is -2.36. The zero-order chi connectivity index (χ0) is 19.9. The van der Waals surface area contributed by atoms with Gasteiger partial charge in [-0.2, -0.15) is 0 Å². The van der Waals surface area contributed by atoms with Crippen LogP contribution in [-0.4, -0.2) is 54.3 Å². The number of benzene rings is 2. The molecule has 2 N–H and O–H groups in total. The average Bonchev–Trinajstić information content (AvgIpc) is 3.12. The van der Waals surface area contributed by atoms with Gasteiger partial charge >= 0.3 is 0 Å². The number of nitrogens with two attached hydrogens (primary N) is 1. The number of hydrogen-bond acceptors (Lipinski definition) is 3. The maximum Gasteiger partial charge on any atom is 0.248 e. The molecule has 2 aromatic rings. The smallest absolute Gasteiger partial charge is 0.248 e. The molecule has 0 bridgehead atoms. The molecule has 0 saturated carbocycles. The van der Waals surface area contributed by atoms with E-state index in [0.29, 0.717) is 11.6 Å². The van der Waals surface area contributed by atoms with Gasteiger partial charge in [-0.05, 0) is 62.7 Å². The van der Waals surface area contributed by atoms with E-state index < -0.39 is 0 Å². The van der Waals surface area contributed by atoms with Crippen LogP contribution < -0.4 is 5.73 Å². The summed E-state index contributed by atoms with van der Waals surface area (Å²) in [7, 11) is 2.21. The van der Waals surface area contributed by atoms with Gasteiger partial charge < -0.3 is 5.73 Å². The van der Waals surface area contributed by atoms with Crippen molar-refractivity contribution in [2.24, 2.45) is 5.73 Å². The minimum Gasteiger partial charge on any atom is -0.366 e. The Morgan fingerprint density at radius 1 is 1.21 bits per heavy atom. The van der Waals surface area contributed by atoms with Gasteiger partial charge in [0.1, 0.15) is 0 Å². The molecule has 1 heterocycles. The molecule has 0 unspecified atom stereocenters. The number of amides is 1. The van der Waals surface area contributed by atoms with Crippen molar-refractivity contribution < 1.29 is 4.79 Å². The normalized spacial score (nSPS) is 18.5. The summed E-state index contributed by atoms with van der Waals surface area (Å²) in [5.41, 5.74) is 8.46. The van der Waals surface area contributed by atoms with E-state index >= 15 is 0 Å². The molecule has 3 rings (SSSR count). The molecule has 1 saturated heterocycles. The molecule has 150 valence electrons. The molecule has 1 fully saturated rings. The highest BCUT2D eigenvalue weighted by atomic mass is 35.5. The molecule has 4 nitrogen and oxygen atoms in total. The highest BCUT2D eigenvalue weighted by Gasteiger charge is 2.25. The molecule has 0 radical (unpaired) electrons. The van der Waals surface area contributed by atoms with Crippen LogP contribution in [-0.2, 0) is 6.42 Å². The Labute approximate surface area is 173 Å². The lowest BCUT2D eigenvalue weighted by atomic mass is 10.0. The first kappa shape index (κ1) is 20.8. The van der Waals surface area contributed by atoms with Crippen molar-refractivity contribution in [3.05, 3.63) is 71.3 Å². The Morgan fingerprint density at radius 3 is 2.54 bits per heavy atom. The number of primary amides is 1. The second-order valence-corrected chi connectivity index (χ2v) is 8.33. The maximum absolute atomic E-state index is 11.2. The second kappa shape index (κ2) is 10.1. The molecule has 0 aliphatic carbocycles. The van der Waals surface area contributed by atoms with Crippen LogP contribution in [0.1, 0.15) is 40.4 Å². The Morgan fingerprint density at radius 2 is 1.93 bits per heavy atom. The monoisotopic (exact) mass is 399 g/mol. The summed E-state index contributed by atoms with van der Waals surface area (Å²) >= 11 is 6.31. The third-order valence-electron chi connectivity index (χ3n) is 5.58. The van der Waals surface area contributed by atoms with Gasteiger partial charge in [-0.3, -0.25) is 14.6 Å². The van der Waals surface area contributed by atoms with Crippen LogP contribution >= 0.6 is 11.6 Å². The minimum absolute atomic E-state index is 0.283. The fourth-order valence-electron chi connectivity index (χ4n) is 3.89. The van der Waals surface area contributed by atoms with Crippen LogP contribution in [0.2, 0.25) is 0 Å². The van der Waals surface area contributed by atoms with Crippen molar-refractivity contribution in [2.45, 2.75) is 30.7 Å². The number of nitrogens with zero attached hydrogens (tertiary/aromatic N) is 2. The first-order valence-corrected chi connectivity index (χ1v) is 10.5. The first-order chi connectivity index (χ1) is 13.5. The van der Waals surface area contributed by atoms with Crippen LogP contribution in [0.15, 0.2) is 54.6 Å². The number of aryl methyl sites for hydroxylation is 1. The molecule has 1 amide bonds. The fourth-order valence-corrected chi connectivity index (χ4v) is 4.19. The molecule has 1 aliphatic rings. The number of likely N-dealkylation sites (N-methyl/N-ethyl adjacent to an activating group) is 1. The second-order valence-electron chi connectivity index (χ2n) is 7.72. The van der Waals surface area contributed by atoms with E-state index in [1.54, 1.807) is 0 Å². The van der Waals surface area contributed by atoms with E-state index in [4.69, 9.17) is 17.3 Å². The van der Waals surface area contributed by atoms with E-state index in [-0.39, 0.29) is 11.3 Å². The van der Waals surface area contributed by atoms with Gasteiger partial charge in [-0.1, -0.05) is 42.5 Å². The van der Waals surface area contributed by atoms with E-state index in [0.717, 1.165) is 45.4 Å². The number of likely N-dealkylation sites (tertiary alicyclic amines) is 1. The summed E-state index contributed by atoms with van der Waals surface area (Å²) in [6.45, 7) is 4.08. The van der Waals surface area contributed by atoms with Crippen molar-refractivity contribution in [2.75, 3.05) is 33.2 Å². The van der Waals surface area contributed by atoms with Gasteiger partial charge in [0.05, 0.1) is 0 Å². The summed E-state index contributed by atoms with van der Waals surface area (Å²) in [5.74, 6) is -0.377. The molecular weight excluding hydrogens is 370 g/mol. The molecular formula is C23H30ClN3O. The zero-order valence-corrected chi connectivity index (χ0v) is 17.3. The number of hydrogen-bond donors (Lipinski definition) is 1. The number of halogens is 1. The van der Waals surface area contributed by atoms with E-state index in [2.05, 4.69) is 47.2 Å². The third kappa shape index (κ3) is 5.81. The van der Waals surface area contributed by atoms with Crippen LogP contribution in [0.25, 0.3) is 0 Å². The Balaban J connectivity index is 1.57. The van der Waals surface area contributed by atoms with Crippen LogP contribution in [0.4, 0.5) is 0 Å². The third-order valence-corrected chi connectivity index (χ3v) is 5.93. The predicted molar refractivity (Wildman–Crippen MR) is 116 cm³/mol. The topological polar surface area (TPSA) is 49.6 Å². The number of alkyl halides is 1. The van der Waals surface area contributed by atoms with Crippen molar-refractivity contribution in [1.82, 2.24) is 9.80 Å². The highest BCUT2D eigenvalue weighted by molar-refractivity contribution is 6.20. The van der Waals surface area contributed by atoms with E-state index in [1.807, 2.05) is 24.3 Å². The lowest BCUT2D eigenvalue weighted by molar-refractivity contribution is 0.100. The van der Waals surface area contributed by atoms with Crippen LogP contribution in [0.3, 0.4) is 0 Å². The highest BCUT2D eigenvalue weighted by Crippen LogP contribution is 2.24. The van der Waals surface area contributed by atoms with Crippen molar-refractivity contribution >= 4 is 17.5 Å². The lowest BCUT2D eigenvalue weighted by Gasteiger charge is -2.32. The van der Waals surface area contributed by atoms with Gasteiger partial charge in [-0.15, -0.1) is 11.6 Å². The summed E-state index contributed by atoms with van der Waals surface area (Å²) in [5, 5.41) is 0.283. The van der Waals surface area contributed by atoms with E-state index in [9.17, 15) is 4.79 Å². The predicted octanol–water partition coefficient (Wildman–Crippen LogP) is 3.70. The number of carbonyl (C=O) groups excluding carboxylic acids is 1. The summed E-state index contributed by atoms with van der Waals surface area (Å²) in [4.78, 5) is 16.1. The molecule has 0 aromatic heterocycles. The standard InChI is InChI=1S/C23H30ClN3O/c1-26(14-5-6-18-9-11-20(12-10-18)23(25)28)22(19-7-3-2-4-8-19)17-27-15-13-21(24)16-27/h2-4,7-12,21-22H,5-6,13-17H2,1H3,(H2,25,28)/t21-,22+/m0/s1. The SMILES string of the molecule is CN(CCCc1ccc(C(N)=O)cc1)[C@H](CN1CC[C@H](Cl)C1)c1ccccc1. The molecule has 28 heavy (non-hydrogen) atoms. The Kier molecular flexibility index (Phi) is 7.49.